The van der Waals surface area contributed by atoms with Crippen LogP contribution >= 0.6 is 0 Å². The van der Waals surface area contributed by atoms with Crippen molar-refractivity contribution in [1.29, 1.82) is 0 Å². The van der Waals surface area contributed by atoms with Crippen molar-refractivity contribution in [2.24, 2.45) is 0 Å². The summed E-state index contributed by atoms with van der Waals surface area (Å²) in [7, 11) is -2.34. The Bertz CT molecular complexity index is 373. The summed E-state index contributed by atoms with van der Waals surface area (Å²) < 4.78 is 12.6. The summed E-state index contributed by atoms with van der Waals surface area (Å²) >= 11 is 0. The van der Waals surface area contributed by atoms with Crippen LogP contribution in [0.25, 0.3) is 0 Å². The molecular weight excluding hydrogens is 404 g/mol. The van der Waals surface area contributed by atoms with Gasteiger partial charge in [0.25, 0.3) is 0 Å². The molecule has 0 aromatic rings. The van der Waals surface area contributed by atoms with E-state index in [0.717, 1.165) is 25.9 Å². The number of hydrogen-bond donors (Lipinski definition) is 1. The maximum absolute atomic E-state index is 10.2. The lowest BCUT2D eigenvalue weighted by Gasteiger charge is -2.42. The minimum atomic E-state index is -1.22. The highest BCUT2D eigenvalue weighted by atomic mass is 28.3. The van der Waals surface area contributed by atoms with Crippen LogP contribution in [0, 0.1) is 0 Å². The predicted octanol–water partition coefficient (Wildman–Crippen LogP) is 6.59. The van der Waals surface area contributed by atoms with Gasteiger partial charge in [0.1, 0.15) is 5.22 Å². The number of rotatable bonds is 20. The second-order valence-electron chi connectivity index (χ2n) is 9.94. The lowest BCUT2D eigenvalue weighted by atomic mass is 9.98. The fourth-order valence-corrected chi connectivity index (χ4v) is 7.22. The van der Waals surface area contributed by atoms with Crippen molar-refractivity contribution in [2.45, 2.75) is 153 Å². The first-order chi connectivity index (χ1) is 14.6. The van der Waals surface area contributed by atoms with E-state index in [2.05, 4.69) is 20.0 Å². The number of ether oxygens (including phenoxy) is 1. The third-order valence-electron chi connectivity index (χ3n) is 6.74. The third-order valence-corrected chi connectivity index (χ3v) is 9.17. The lowest BCUT2D eigenvalue weighted by molar-refractivity contribution is -0.0949. The molecule has 0 bridgehead atoms. The maximum atomic E-state index is 10.2. The molecule has 180 valence electrons. The number of unbranched alkanes of at least 4 members (excludes halogenated alkanes) is 14. The minimum absolute atomic E-state index is 0.156. The van der Waals surface area contributed by atoms with Gasteiger partial charge in [0.2, 0.25) is 0 Å². The van der Waals surface area contributed by atoms with Gasteiger partial charge in [-0.15, -0.1) is 0 Å². The van der Waals surface area contributed by atoms with E-state index >= 15 is 0 Å². The molecule has 1 fully saturated rings. The van der Waals surface area contributed by atoms with E-state index in [0.29, 0.717) is 0 Å². The van der Waals surface area contributed by atoms with Crippen LogP contribution in [0.2, 0.25) is 13.1 Å². The second kappa shape index (κ2) is 18.8. The molecule has 2 unspecified atom stereocenters. The number of hydrogen-bond acceptors (Lipinski definition) is 3. The topological polar surface area (TPSA) is 38.7 Å². The van der Waals surface area contributed by atoms with Gasteiger partial charge in [0.15, 0.2) is 18.8 Å². The van der Waals surface area contributed by atoms with Gasteiger partial charge >= 0.3 is 0 Å². The van der Waals surface area contributed by atoms with Crippen molar-refractivity contribution in [2.75, 3.05) is 6.61 Å². The SMILES string of the molecule is CCCCCCCCCCCCCCCCCC(O[SiH](C)C)C1([SiH2]O)CCCCO1. The van der Waals surface area contributed by atoms with E-state index in [1.807, 2.05) is 0 Å². The molecule has 1 N–H and O–H groups in total. The zero-order chi connectivity index (χ0) is 21.9. The largest absolute Gasteiger partial charge is 0.435 e. The van der Waals surface area contributed by atoms with E-state index in [-0.39, 0.29) is 11.3 Å². The van der Waals surface area contributed by atoms with Crippen molar-refractivity contribution < 1.29 is 14.0 Å². The van der Waals surface area contributed by atoms with Gasteiger partial charge in [0, 0.05) is 6.61 Å². The molecule has 0 aromatic heterocycles. The first-order valence-electron chi connectivity index (χ1n) is 13.5. The third kappa shape index (κ3) is 13.0. The Hall–Kier alpha value is 0.314. The molecule has 1 heterocycles. The zero-order valence-corrected chi connectivity index (χ0v) is 23.3. The quantitative estimate of drug-likeness (QED) is 0.165. The van der Waals surface area contributed by atoms with Crippen LogP contribution in [0.15, 0.2) is 0 Å². The molecule has 3 nitrogen and oxygen atoms in total. The van der Waals surface area contributed by atoms with E-state index in [9.17, 15) is 4.80 Å². The fourth-order valence-electron chi connectivity index (χ4n) is 4.84. The van der Waals surface area contributed by atoms with E-state index in [1.54, 1.807) is 0 Å². The highest BCUT2D eigenvalue weighted by Gasteiger charge is 2.42. The summed E-state index contributed by atoms with van der Waals surface area (Å²) in [5.74, 6) is 0. The molecule has 5 heteroatoms. The normalized spacial score (nSPS) is 21.1. The Kier molecular flexibility index (Phi) is 17.8. The first-order valence-corrected chi connectivity index (χ1v) is 17.7. The van der Waals surface area contributed by atoms with E-state index in [4.69, 9.17) is 9.16 Å². The molecular formula is C25H54O3Si2. The van der Waals surface area contributed by atoms with Gasteiger partial charge in [-0.05, 0) is 38.8 Å². The molecule has 0 aliphatic carbocycles. The first kappa shape index (κ1) is 28.3. The van der Waals surface area contributed by atoms with Gasteiger partial charge in [-0.3, -0.25) is 0 Å². The maximum Gasteiger partial charge on any atom is 0.192 e. The van der Waals surface area contributed by atoms with Crippen molar-refractivity contribution in [3.63, 3.8) is 0 Å². The Morgan fingerprint density at radius 2 is 1.33 bits per heavy atom. The summed E-state index contributed by atoms with van der Waals surface area (Å²) in [5.41, 5.74) is 0. The van der Waals surface area contributed by atoms with Gasteiger partial charge in [-0.2, -0.15) is 0 Å². The van der Waals surface area contributed by atoms with E-state index < -0.39 is 18.8 Å². The Morgan fingerprint density at radius 3 is 1.73 bits per heavy atom. The molecule has 1 aliphatic heterocycles. The highest BCUT2D eigenvalue weighted by molar-refractivity contribution is 6.48. The zero-order valence-electron chi connectivity index (χ0n) is 20.8. The van der Waals surface area contributed by atoms with Crippen molar-refractivity contribution in [1.82, 2.24) is 0 Å². The summed E-state index contributed by atoms with van der Waals surface area (Å²) in [5, 5.41) is -0.286. The van der Waals surface area contributed by atoms with Gasteiger partial charge < -0.3 is 14.0 Å². The molecule has 2 atom stereocenters. The molecule has 30 heavy (non-hydrogen) atoms. The van der Waals surface area contributed by atoms with Crippen LogP contribution in [0.1, 0.15) is 129 Å². The molecule has 1 saturated heterocycles. The summed E-state index contributed by atoms with van der Waals surface area (Å²) in [6, 6.07) is 0. The monoisotopic (exact) mass is 458 g/mol. The van der Waals surface area contributed by atoms with Crippen molar-refractivity contribution in [3.8, 4) is 0 Å². The van der Waals surface area contributed by atoms with Crippen molar-refractivity contribution >= 4 is 18.8 Å². The van der Waals surface area contributed by atoms with E-state index in [1.165, 1.54) is 103 Å². The predicted molar refractivity (Wildman–Crippen MR) is 137 cm³/mol. The molecule has 1 aliphatic rings. The van der Waals surface area contributed by atoms with Crippen LogP contribution in [0.3, 0.4) is 0 Å². The van der Waals surface area contributed by atoms with Crippen molar-refractivity contribution in [3.05, 3.63) is 0 Å². The van der Waals surface area contributed by atoms with Crippen LogP contribution in [0.5, 0.6) is 0 Å². The molecule has 1 rings (SSSR count). The Balaban J connectivity index is 2.03. The average Bonchev–Trinajstić information content (AvgIpc) is 2.75. The van der Waals surface area contributed by atoms with Crippen LogP contribution in [-0.2, 0) is 9.16 Å². The summed E-state index contributed by atoms with van der Waals surface area (Å²) in [6.07, 6.45) is 25.6. The molecule has 0 aromatic carbocycles. The average molecular weight is 459 g/mol. The molecule has 0 radical (unpaired) electrons. The molecule has 0 saturated carbocycles. The fraction of sp³-hybridized carbons (Fsp3) is 1.00. The summed E-state index contributed by atoms with van der Waals surface area (Å²) in [4.78, 5) is 10.2. The van der Waals surface area contributed by atoms with Crippen LogP contribution in [-0.4, -0.2) is 41.5 Å². The standard InChI is InChI=1S/C25H54O3Si2/c1-4-5-6-7-8-9-10-11-12-13-14-15-16-17-18-21-24(28-30(2)3)25(29-26)22-19-20-23-27-25/h24,26,30H,4-23,29H2,1-3H3. The van der Waals surface area contributed by atoms with Gasteiger partial charge in [-0.1, -0.05) is 103 Å². The molecule has 0 spiro atoms. The van der Waals surface area contributed by atoms with Crippen LogP contribution in [0.4, 0.5) is 0 Å². The minimum Gasteiger partial charge on any atom is -0.435 e. The van der Waals surface area contributed by atoms with Gasteiger partial charge in [0.05, 0.1) is 6.10 Å². The smallest absolute Gasteiger partial charge is 0.192 e. The molecule has 0 amide bonds. The van der Waals surface area contributed by atoms with Crippen LogP contribution < -0.4 is 0 Å². The van der Waals surface area contributed by atoms with Gasteiger partial charge in [-0.25, -0.2) is 0 Å². The second-order valence-corrected chi connectivity index (χ2v) is 13.8. The highest BCUT2D eigenvalue weighted by Crippen LogP contribution is 2.32. The Morgan fingerprint density at radius 1 is 0.833 bits per heavy atom. The lowest BCUT2D eigenvalue weighted by Crippen LogP contribution is -2.54. The Labute approximate surface area is 192 Å². The summed E-state index contributed by atoms with van der Waals surface area (Å²) in [6.45, 7) is 7.59.